The van der Waals surface area contributed by atoms with E-state index in [0.29, 0.717) is 33.8 Å². The molecule has 3 rings (SSSR count). The summed E-state index contributed by atoms with van der Waals surface area (Å²) in [5, 5.41) is 9.34. The van der Waals surface area contributed by atoms with E-state index in [1.165, 1.54) is 22.9 Å². The normalized spacial score (nSPS) is 22.4. The largest absolute Gasteiger partial charge is 0.461 e. The number of ether oxygens (including phenoxy) is 1. The molecule has 3 atom stereocenters. The third-order valence-corrected chi connectivity index (χ3v) is 6.50. The summed E-state index contributed by atoms with van der Waals surface area (Å²) in [5.41, 5.74) is 0.810. The zero-order chi connectivity index (χ0) is 20.3. The van der Waals surface area contributed by atoms with E-state index in [4.69, 9.17) is 22.2 Å². The summed E-state index contributed by atoms with van der Waals surface area (Å²) in [4.78, 5) is 12.4. The van der Waals surface area contributed by atoms with Gasteiger partial charge in [0.25, 0.3) is 0 Å². The Morgan fingerprint density at radius 1 is 1.32 bits per heavy atom. The summed E-state index contributed by atoms with van der Waals surface area (Å²) in [7, 11) is 0. The molecular formula is C20H27ClN4O2S. The van der Waals surface area contributed by atoms with Crippen LogP contribution in [-0.2, 0) is 9.53 Å². The number of thioether (sulfide) groups is 1. The number of nitrogens with zero attached hydrogens (tertiary/aromatic N) is 3. The van der Waals surface area contributed by atoms with Crippen LogP contribution in [0.3, 0.4) is 0 Å². The number of aromatic nitrogens is 3. The van der Waals surface area contributed by atoms with Gasteiger partial charge in [-0.15, -0.1) is 10.2 Å². The van der Waals surface area contributed by atoms with E-state index in [2.05, 4.69) is 31.0 Å². The van der Waals surface area contributed by atoms with E-state index in [1.807, 2.05) is 12.1 Å². The summed E-state index contributed by atoms with van der Waals surface area (Å²) >= 11 is 7.15. The summed E-state index contributed by atoms with van der Waals surface area (Å²) in [5.74, 6) is 8.09. The van der Waals surface area contributed by atoms with E-state index < -0.39 is 0 Å². The van der Waals surface area contributed by atoms with Crippen molar-refractivity contribution in [3.05, 3.63) is 29.3 Å². The lowest BCUT2D eigenvalue weighted by Crippen LogP contribution is -2.36. The number of benzene rings is 1. The van der Waals surface area contributed by atoms with Crippen LogP contribution in [0.1, 0.15) is 40.0 Å². The minimum atomic E-state index is -0.231. The van der Waals surface area contributed by atoms with Gasteiger partial charge in [-0.2, -0.15) is 0 Å². The summed E-state index contributed by atoms with van der Waals surface area (Å²) in [6, 6.07) is 7.20. The Kier molecular flexibility index (Phi) is 6.88. The van der Waals surface area contributed by atoms with Gasteiger partial charge in [0.2, 0.25) is 5.16 Å². The first-order chi connectivity index (χ1) is 13.3. The zero-order valence-electron chi connectivity index (χ0n) is 16.5. The second kappa shape index (κ2) is 9.18. The Balaban J connectivity index is 1.59. The molecule has 28 heavy (non-hydrogen) atoms. The fourth-order valence-electron chi connectivity index (χ4n) is 3.75. The lowest BCUT2D eigenvalue weighted by atomic mass is 9.75. The van der Waals surface area contributed by atoms with Crippen molar-refractivity contribution in [1.82, 2.24) is 14.9 Å². The molecule has 1 aliphatic carbocycles. The first-order valence-corrected chi connectivity index (χ1v) is 11.0. The summed E-state index contributed by atoms with van der Waals surface area (Å²) < 4.78 is 7.22. The van der Waals surface area contributed by atoms with E-state index in [0.717, 1.165) is 18.4 Å². The van der Waals surface area contributed by atoms with Crippen molar-refractivity contribution in [1.29, 1.82) is 0 Å². The highest BCUT2D eigenvalue weighted by Crippen LogP contribution is 2.35. The first-order valence-electron chi connectivity index (χ1n) is 9.63. The zero-order valence-corrected chi connectivity index (χ0v) is 18.0. The molecule has 1 aromatic heterocycles. The SMILES string of the molecule is CC(C)[C@@H]1CC[C@@H](C)C[C@H]1OC(=O)CSc1nnc(-c2ccc(Cl)cc2)n1N. The lowest BCUT2D eigenvalue weighted by Gasteiger charge is -2.36. The highest BCUT2D eigenvalue weighted by atomic mass is 35.5. The molecule has 0 bridgehead atoms. The average molecular weight is 423 g/mol. The second-order valence-corrected chi connectivity index (χ2v) is 9.21. The van der Waals surface area contributed by atoms with E-state index in [1.54, 1.807) is 12.1 Å². The number of rotatable bonds is 6. The molecule has 2 aromatic rings. The molecule has 1 aromatic carbocycles. The van der Waals surface area contributed by atoms with E-state index in [9.17, 15) is 4.79 Å². The molecule has 0 unspecified atom stereocenters. The number of hydrogen-bond donors (Lipinski definition) is 1. The van der Waals surface area contributed by atoms with Gasteiger partial charge in [-0.3, -0.25) is 4.79 Å². The van der Waals surface area contributed by atoms with Crippen molar-refractivity contribution in [3.63, 3.8) is 0 Å². The van der Waals surface area contributed by atoms with E-state index >= 15 is 0 Å². The van der Waals surface area contributed by atoms with Crippen LogP contribution in [0.5, 0.6) is 0 Å². The monoisotopic (exact) mass is 422 g/mol. The molecule has 1 heterocycles. The highest BCUT2D eigenvalue weighted by Gasteiger charge is 2.33. The number of halogens is 1. The van der Waals surface area contributed by atoms with Gasteiger partial charge in [0.1, 0.15) is 6.10 Å². The predicted molar refractivity (Wildman–Crippen MR) is 113 cm³/mol. The molecular weight excluding hydrogens is 396 g/mol. The quantitative estimate of drug-likeness (QED) is 0.421. The molecule has 0 aliphatic heterocycles. The molecule has 0 amide bonds. The fourth-order valence-corrected chi connectivity index (χ4v) is 4.51. The highest BCUT2D eigenvalue weighted by molar-refractivity contribution is 7.99. The third kappa shape index (κ3) is 5.00. The van der Waals surface area contributed by atoms with Gasteiger partial charge in [0.05, 0.1) is 5.75 Å². The Labute approximate surface area is 175 Å². The van der Waals surface area contributed by atoms with Crippen LogP contribution in [-0.4, -0.2) is 32.7 Å². The number of hydrogen-bond acceptors (Lipinski definition) is 6. The standard InChI is InChI=1S/C20H27ClN4O2S/c1-12(2)16-9-4-13(3)10-17(16)27-18(26)11-28-20-24-23-19(25(20)22)14-5-7-15(21)8-6-14/h5-8,12-13,16-17H,4,9-11,22H2,1-3H3/t13-,16+,17-/m1/s1. The van der Waals surface area contributed by atoms with Crippen molar-refractivity contribution in [3.8, 4) is 11.4 Å². The second-order valence-electron chi connectivity index (χ2n) is 7.83. The fraction of sp³-hybridized carbons (Fsp3) is 0.550. The molecule has 8 heteroatoms. The van der Waals surface area contributed by atoms with Crippen molar-refractivity contribution in [2.24, 2.45) is 17.8 Å². The first kappa shape index (κ1) is 21.0. The van der Waals surface area contributed by atoms with Crippen LogP contribution >= 0.6 is 23.4 Å². The van der Waals surface area contributed by atoms with Crippen LogP contribution in [0.15, 0.2) is 29.4 Å². The Morgan fingerprint density at radius 3 is 2.71 bits per heavy atom. The maximum atomic E-state index is 12.4. The summed E-state index contributed by atoms with van der Waals surface area (Å²) in [6.07, 6.45) is 3.26. The number of esters is 1. The minimum Gasteiger partial charge on any atom is -0.461 e. The Hall–Kier alpha value is -1.73. The van der Waals surface area contributed by atoms with Crippen LogP contribution < -0.4 is 5.84 Å². The summed E-state index contributed by atoms with van der Waals surface area (Å²) in [6.45, 7) is 6.62. The van der Waals surface area contributed by atoms with Crippen LogP contribution in [0.25, 0.3) is 11.4 Å². The van der Waals surface area contributed by atoms with Crippen LogP contribution in [0.4, 0.5) is 0 Å². The maximum Gasteiger partial charge on any atom is 0.316 e. The molecule has 2 N–H and O–H groups in total. The van der Waals surface area contributed by atoms with Gasteiger partial charge in [0.15, 0.2) is 5.82 Å². The molecule has 152 valence electrons. The molecule has 1 fully saturated rings. The Bertz CT molecular complexity index is 809. The maximum absolute atomic E-state index is 12.4. The number of carbonyl (C=O) groups is 1. The predicted octanol–water partition coefficient (Wildman–Crippen LogP) is 4.41. The number of nitrogen functional groups attached to an aromatic ring is 1. The molecule has 1 saturated carbocycles. The molecule has 6 nitrogen and oxygen atoms in total. The van der Waals surface area contributed by atoms with Crippen LogP contribution in [0.2, 0.25) is 5.02 Å². The van der Waals surface area contributed by atoms with Gasteiger partial charge in [-0.1, -0.05) is 50.6 Å². The average Bonchev–Trinajstić information content (AvgIpc) is 3.01. The molecule has 1 aliphatic rings. The van der Waals surface area contributed by atoms with Crippen molar-refractivity contribution in [2.45, 2.75) is 51.3 Å². The van der Waals surface area contributed by atoms with Gasteiger partial charge < -0.3 is 10.6 Å². The van der Waals surface area contributed by atoms with Crippen molar-refractivity contribution < 1.29 is 9.53 Å². The van der Waals surface area contributed by atoms with Gasteiger partial charge in [-0.05, 0) is 54.9 Å². The van der Waals surface area contributed by atoms with Gasteiger partial charge >= 0.3 is 5.97 Å². The smallest absolute Gasteiger partial charge is 0.316 e. The van der Waals surface area contributed by atoms with Gasteiger partial charge in [0, 0.05) is 10.6 Å². The minimum absolute atomic E-state index is 0.00257. The number of nitrogens with two attached hydrogens (primary N) is 1. The molecule has 0 saturated heterocycles. The van der Waals surface area contributed by atoms with E-state index in [-0.39, 0.29) is 17.8 Å². The van der Waals surface area contributed by atoms with Gasteiger partial charge in [-0.25, -0.2) is 4.68 Å². The molecule has 0 radical (unpaired) electrons. The number of carbonyl (C=O) groups excluding carboxylic acids is 1. The van der Waals surface area contributed by atoms with Crippen molar-refractivity contribution in [2.75, 3.05) is 11.6 Å². The Morgan fingerprint density at radius 2 is 2.04 bits per heavy atom. The molecule has 0 spiro atoms. The third-order valence-electron chi connectivity index (χ3n) is 5.33. The lowest BCUT2D eigenvalue weighted by molar-refractivity contribution is -0.152. The van der Waals surface area contributed by atoms with Crippen LogP contribution in [0, 0.1) is 17.8 Å². The van der Waals surface area contributed by atoms with Crippen molar-refractivity contribution >= 4 is 29.3 Å². The topological polar surface area (TPSA) is 83.0 Å².